The second-order valence-electron chi connectivity index (χ2n) is 6.47. The summed E-state index contributed by atoms with van der Waals surface area (Å²) in [7, 11) is 0. The Hall–Kier alpha value is -2.67. The molecule has 0 aliphatic heterocycles. The number of fused-ring (bicyclic) bond motifs is 1. The highest BCUT2D eigenvalue weighted by atomic mass is 35.5. The van der Waals surface area contributed by atoms with Crippen LogP contribution in [0.3, 0.4) is 0 Å². The van der Waals surface area contributed by atoms with Crippen molar-refractivity contribution in [2.45, 2.75) is 13.5 Å². The zero-order valence-electron chi connectivity index (χ0n) is 15.3. The topological polar surface area (TPSA) is 64.0 Å². The Morgan fingerprint density at radius 2 is 1.93 bits per heavy atom. The van der Waals surface area contributed by atoms with Crippen LogP contribution in [-0.2, 0) is 6.54 Å². The number of hydrogen-bond acceptors (Lipinski definition) is 4. The summed E-state index contributed by atoms with van der Waals surface area (Å²) in [6, 6.07) is 14.3. The van der Waals surface area contributed by atoms with Gasteiger partial charge in [-0.25, -0.2) is 4.98 Å². The maximum atomic E-state index is 13.1. The molecule has 2 aromatic heterocycles. The quantitative estimate of drug-likeness (QED) is 0.460. The van der Waals surface area contributed by atoms with Crippen LogP contribution in [0.5, 0.6) is 0 Å². The number of thiophene rings is 1. The minimum Gasteiger partial charge on any atom is -0.321 e. The molecule has 0 bridgehead atoms. The van der Waals surface area contributed by atoms with E-state index in [1.807, 2.05) is 30.3 Å². The van der Waals surface area contributed by atoms with Gasteiger partial charge in [-0.2, -0.15) is 0 Å². The summed E-state index contributed by atoms with van der Waals surface area (Å²) in [5.74, 6) is -0.261. The van der Waals surface area contributed by atoms with Gasteiger partial charge in [0, 0.05) is 15.7 Å². The lowest BCUT2D eigenvalue weighted by Gasteiger charge is -2.08. The van der Waals surface area contributed by atoms with Gasteiger partial charge in [-0.05, 0) is 42.3 Å². The van der Waals surface area contributed by atoms with Gasteiger partial charge in [0.15, 0.2) is 0 Å². The maximum Gasteiger partial charge on any atom is 0.266 e. The molecule has 146 valence electrons. The van der Waals surface area contributed by atoms with Gasteiger partial charge in [-0.3, -0.25) is 14.2 Å². The van der Waals surface area contributed by atoms with Gasteiger partial charge >= 0.3 is 0 Å². The highest BCUT2D eigenvalue weighted by molar-refractivity contribution is 7.20. The van der Waals surface area contributed by atoms with Gasteiger partial charge < -0.3 is 5.32 Å². The Morgan fingerprint density at radius 1 is 1.17 bits per heavy atom. The van der Waals surface area contributed by atoms with E-state index < -0.39 is 0 Å². The lowest BCUT2D eigenvalue weighted by Crippen LogP contribution is -2.21. The summed E-state index contributed by atoms with van der Waals surface area (Å²) < 4.78 is 1.48. The van der Waals surface area contributed by atoms with E-state index in [2.05, 4.69) is 10.3 Å². The van der Waals surface area contributed by atoms with Gasteiger partial charge in [-0.15, -0.1) is 11.3 Å². The number of amides is 1. The molecule has 0 unspecified atom stereocenters. The van der Waals surface area contributed by atoms with Crippen LogP contribution < -0.4 is 10.9 Å². The molecular formula is C21H15Cl2N3O2S. The second kappa shape index (κ2) is 7.99. The zero-order chi connectivity index (χ0) is 20.5. The first-order chi connectivity index (χ1) is 13.9. The maximum absolute atomic E-state index is 13.1. The molecule has 0 atom stereocenters. The summed E-state index contributed by atoms with van der Waals surface area (Å²) in [5, 5.41) is 4.31. The molecule has 4 rings (SSSR count). The number of carbonyl (C=O) groups excluding carboxylic acids is 1. The van der Waals surface area contributed by atoms with Crippen LogP contribution in [0.15, 0.2) is 59.7 Å². The predicted octanol–water partition coefficient (Wildman–Crippen LogP) is 5.37. The van der Waals surface area contributed by atoms with Crippen molar-refractivity contribution in [3.63, 3.8) is 0 Å². The van der Waals surface area contributed by atoms with Crippen molar-refractivity contribution in [1.82, 2.24) is 9.55 Å². The van der Waals surface area contributed by atoms with Crippen molar-refractivity contribution in [2.24, 2.45) is 0 Å². The van der Waals surface area contributed by atoms with Gasteiger partial charge in [0.2, 0.25) is 0 Å². The summed E-state index contributed by atoms with van der Waals surface area (Å²) in [4.78, 5) is 31.1. The molecule has 0 aliphatic rings. The summed E-state index contributed by atoms with van der Waals surface area (Å²) in [6.45, 7) is 2.03. The van der Waals surface area contributed by atoms with E-state index in [4.69, 9.17) is 23.2 Å². The number of carbonyl (C=O) groups is 1. The number of para-hydroxylation sites is 1. The Kier molecular flexibility index (Phi) is 5.41. The first-order valence-electron chi connectivity index (χ1n) is 8.73. The van der Waals surface area contributed by atoms with Crippen LogP contribution in [0.2, 0.25) is 10.0 Å². The van der Waals surface area contributed by atoms with Crippen molar-refractivity contribution in [3.05, 3.63) is 91.3 Å². The number of halogens is 2. The number of nitrogens with zero attached hydrogens (tertiary/aromatic N) is 2. The molecule has 2 heterocycles. The molecule has 0 aliphatic carbocycles. The third-order valence-corrected chi connectivity index (χ3v) is 6.30. The van der Waals surface area contributed by atoms with E-state index in [0.717, 1.165) is 5.56 Å². The van der Waals surface area contributed by atoms with Crippen molar-refractivity contribution >= 4 is 56.3 Å². The monoisotopic (exact) mass is 443 g/mol. The van der Waals surface area contributed by atoms with Crippen LogP contribution in [0, 0.1) is 6.92 Å². The molecule has 0 saturated carbocycles. The number of nitrogens with one attached hydrogen (secondary N) is 1. The largest absolute Gasteiger partial charge is 0.321 e. The van der Waals surface area contributed by atoms with E-state index in [-0.39, 0.29) is 18.0 Å². The first kappa shape index (κ1) is 19.6. The van der Waals surface area contributed by atoms with Gasteiger partial charge in [0.1, 0.15) is 4.83 Å². The number of benzene rings is 2. The van der Waals surface area contributed by atoms with Crippen LogP contribution in [-0.4, -0.2) is 15.5 Å². The molecule has 2 aromatic carbocycles. The number of hydrogen-bond donors (Lipinski definition) is 1. The number of anilines is 1. The van der Waals surface area contributed by atoms with Crippen LogP contribution >= 0.6 is 34.5 Å². The summed E-state index contributed by atoms with van der Waals surface area (Å²) >= 11 is 13.4. The van der Waals surface area contributed by atoms with Crippen molar-refractivity contribution in [3.8, 4) is 0 Å². The Morgan fingerprint density at radius 3 is 2.66 bits per heavy atom. The second-order valence-corrected chi connectivity index (χ2v) is 8.31. The first-order valence-corrected chi connectivity index (χ1v) is 10.3. The third-order valence-electron chi connectivity index (χ3n) is 4.51. The van der Waals surface area contributed by atoms with Crippen LogP contribution in [0.4, 0.5) is 5.69 Å². The molecule has 1 amide bonds. The Bertz CT molecular complexity index is 1280. The number of rotatable bonds is 4. The van der Waals surface area contributed by atoms with E-state index in [9.17, 15) is 9.59 Å². The SMILES string of the molecule is Cc1c(C(=O)Nc2ccccc2)sc2ncn(Cc3ccc(Cl)cc3Cl)c(=O)c12. The molecule has 1 N–H and O–H groups in total. The number of aryl methyl sites for hydroxylation is 1. The third kappa shape index (κ3) is 3.92. The fourth-order valence-electron chi connectivity index (χ4n) is 3.03. The molecule has 8 heteroatoms. The van der Waals surface area contributed by atoms with Gasteiger partial charge in [-0.1, -0.05) is 47.5 Å². The minimum atomic E-state index is -0.261. The van der Waals surface area contributed by atoms with E-state index in [1.165, 1.54) is 22.2 Å². The smallest absolute Gasteiger partial charge is 0.266 e. The van der Waals surface area contributed by atoms with Gasteiger partial charge in [0.05, 0.1) is 23.1 Å². The lowest BCUT2D eigenvalue weighted by atomic mass is 10.2. The molecule has 29 heavy (non-hydrogen) atoms. The van der Waals surface area contributed by atoms with Crippen molar-refractivity contribution in [2.75, 3.05) is 5.32 Å². The lowest BCUT2D eigenvalue weighted by molar-refractivity contribution is 0.103. The zero-order valence-corrected chi connectivity index (χ0v) is 17.6. The fraction of sp³-hybridized carbons (Fsp3) is 0.0952. The summed E-state index contributed by atoms with van der Waals surface area (Å²) in [6.07, 6.45) is 1.48. The van der Waals surface area contributed by atoms with E-state index >= 15 is 0 Å². The molecule has 5 nitrogen and oxygen atoms in total. The fourth-order valence-corrected chi connectivity index (χ4v) is 4.53. The predicted molar refractivity (Wildman–Crippen MR) is 119 cm³/mol. The summed E-state index contributed by atoms with van der Waals surface area (Å²) in [5.41, 5.74) is 1.85. The molecule has 0 saturated heterocycles. The Labute approximate surface area is 180 Å². The van der Waals surface area contributed by atoms with E-state index in [1.54, 1.807) is 25.1 Å². The highest BCUT2D eigenvalue weighted by Crippen LogP contribution is 2.28. The standard InChI is InChI=1S/C21H15Cl2N3O2S/c1-12-17-20(29-18(12)19(27)25-15-5-3-2-4-6-15)24-11-26(21(17)28)10-13-7-8-14(22)9-16(13)23/h2-9,11H,10H2,1H3,(H,25,27). The molecule has 0 radical (unpaired) electrons. The highest BCUT2D eigenvalue weighted by Gasteiger charge is 2.20. The van der Waals surface area contributed by atoms with Gasteiger partial charge in [0.25, 0.3) is 11.5 Å². The average molecular weight is 444 g/mol. The normalized spacial score (nSPS) is 11.0. The van der Waals surface area contributed by atoms with E-state index in [0.29, 0.717) is 36.4 Å². The molecule has 4 aromatic rings. The van der Waals surface area contributed by atoms with Crippen molar-refractivity contribution in [1.29, 1.82) is 0 Å². The van der Waals surface area contributed by atoms with Crippen molar-refractivity contribution < 1.29 is 4.79 Å². The minimum absolute atomic E-state index is 0.214. The Balaban J connectivity index is 1.70. The van der Waals surface area contributed by atoms with Crippen LogP contribution in [0.1, 0.15) is 20.8 Å². The molecule has 0 fully saturated rings. The van der Waals surface area contributed by atoms with Crippen LogP contribution in [0.25, 0.3) is 10.2 Å². The number of aromatic nitrogens is 2. The average Bonchev–Trinajstić information content (AvgIpc) is 3.04. The molecular weight excluding hydrogens is 429 g/mol. The molecule has 0 spiro atoms.